The maximum atomic E-state index is 11.7. The summed E-state index contributed by atoms with van der Waals surface area (Å²) in [5.74, 6) is 0.207. The summed E-state index contributed by atoms with van der Waals surface area (Å²) in [5, 5.41) is 0. The van der Waals surface area contributed by atoms with Crippen molar-refractivity contribution in [1.82, 2.24) is 0 Å². The van der Waals surface area contributed by atoms with Crippen molar-refractivity contribution in [2.45, 2.75) is 59.8 Å². The van der Waals surface area contributed by atoms with Gasteiger partial charge in [0.05, 0.1) is 0 Å². The van der Waals surface area contributed by atoms with E-state index >= 15 is 0 Å². The highest BCUT2D eigenvalue weighted by atomic mass is 16.1. The van der Waals surface area contributed by atoms with Gasteiger partial charge in [-0.15, -0.1) is 0 Å². The molecule has 0 aromatic heterocycles. The van der Waals surface area contributed by atoms with Crippen molar-refractivity contribution < 1.29 is 4.79 Å². The predicted molar refractivity (Wildman–Crippen MR) is 76.2 cm³/mol. The lowest BCUT2D eigenvalue weighted by atomic mass is 9.85. The molecule has 0 bridgehead atoms. The van der Waals surface area contributed by atoms with Crippen molar-refractivity contribution in [3.05, 3.63) is 34.4 Å². The van der Waals surface area contributed by atoms with Crippen molar-refractivity contribution in [2.24, 2.45) is 5.41 Å². The van der Waals surface area contributed by atoms with E-state index in [1.165, 1.54) is 29.5 Å². The molecule has 0 saturated carbocycles. The molecule has 1 aliphatic carbocycles. The number of aryl methyl sites for hydroxylation is 3. The van der Waals surface area contributed by atoms with Gasteiger partial charge in [-0.2, -0.15) is 0 Å². The molecule has 2 rings (SSSR count). The maximum absolute atomic E-state index is 11.7. The molecule has 1 aromatic carbocycles. The first-order valence-corrected chi connectivity index (χ1v) is 7.08. The van der Waals surface area contributed by atoms with Gasteiger partial charge in [0.2, 0.25) is 0 Å². The molecule has 0 heterocycles. The molecule has 98 valence electrons. The first-order valence-electron chi connectivity index (χ1n) is 7.08. The topological polar surface area (TPSA) is 17.1 Å². The Balaban J connectivity index is 2.43. The smallest absolute Gasteiger partial charge is 0.160 e. The van der Waals surface area contributed by atoms with E-state index in [0.717, 1.165) is 24.8 Å². The minimum Gasteiger partial charge on any atom is -0.295 e. The van der Waals surface area contributed by atoms with Gasteiger partial charge in [-0.3, -0.25) is 4.79 Å². The Morgan fingerprint density at radius 2 is 1.72 bits per heavy atom. The van der Waals surface area contributed by atoms with Crippen LogP contribution in [-0.2, 0) is 19.3 Å². The lowest BCUT2D eigenvalue weighted by Crippen LogP contribution is -2.10. The highest BCUT2D eigenvalue weighted by Gasteiger charge is 2.23. The Morgan fingerprint density at radius 1 is 1.17 bits per heavy atom. The van der Waals surface area contributed by atoms with Crippen LogP contribution in [0, 0.1) is 5.41 Å². The van der Waals surface area contributed by atoms with Gasteiger partial charge in [-0.25, -0.2) is 0 Å². The highest BCUT2D eigenvalue weighted by molar-refractivity contribution is 5.95. The average Bonchev–Trinajstić information content (AvgIpc) is 2.47. The lowest BCUT2D eigenvalue weighted by molar-refractivity contribution is 0.101. The molecule has 1 aliphatic rings. The van der Waals surface area contributed by atoms with Crippen molar-refractivity contribution in [3.8, 4) is 0 Å². The molecule has 0 unspecified atom stereocenters. The van der Waals surface area contributed by atoms with Crippen LogP contribution in [0.25, 0.3) is 0 Å². The van der Waals surface area contributed by atoms with E-state index in [-0.39, 0.29) is 5.78 Å². The van der Waals surface area contributed by atoms with Crippen LogP contribution in [-0.4, -0.2) is 5.78 Å². The van der Waals surface area contributed by atoms with Crippen molar-refractivity contribution in [2.75, 3.05) is 0 Å². The van der Waals surface area contributed by atoms with E-state index in [9.17, 15) is 4.79 Å². The Morgan fingerprint density at radius 3 is 2.22 bits per heavy atom. The first kappa shape index (κ1) is 13.3. The lowest BCUT2D eigenvalue weighted by Gasteiger charge is -2.21. The van der Waals surface area contributed by atoms with Crippen LogP contribution >= 0.6 is 0 Å². The predicted octanol–water partition coefficient (Wildman–Crippen LogP) is 4.36. The zero-order valence-electron chi connectivity index (χ0n) is 12.1. The van der Waals surface area contributed by atoms with Crippen LogP contribution in [0.4, 0.5) is 0 Å². The molecule has 0 saturated heterocycles. The van der Waals surface area contributed by atoms with Crippen molar-refractivity contribution in [1.29, 1.82) is 0 Å². The summed E-state index contributed by atoms with van der Waals surface area (Å²) in [5.41, 5.74) is 5.48. The third-order valence-electron chi connectivity index (χ3n) is 4.33. The molecule has 0 atom stereocenters. The number of hydrogen-bond acceptors (Lipinski definition) is 1. The quantitative estimate of drug-likeness (QED) is 0.558. The monoisotopic (exact) mass is 244 g/mol. The number of hydrogen-bond donors (Lipinski definition) is 0. The van der Waals surface area contributed by atoms with Gasteiger partial charge >= 0.3 is 0 Å². The summed E-state index contributed by atoms with van der Waals surface area (Å²) >= 11 is 0. The second kappa shape index (κ2) is 4.87. The standard InChI is InChI=1S/C17H24O/c1-5-13-10-14-6-8-17(3,4)9-7-15(14)11-16(13)12(2)18/h10-11H,5-9H2,1-4H3. The molecule has 0 radical (unpaired) electrons. The summed E-state index contributed by atoms with van der Waals surface area (Å²) in [6.45, 7) is 8.52. The molecule has 0 N–H and O–H groups in total. The van der Waals surface area contributed by atoms with E-state index < -0.39 is 0 Å². The zero-order valence-corrected chi connectivity index (χ0v) is 12.1. The van der Waals surface area contributed by atoms with Crippen molar-refractivity contribution in [3.63, 3.8) is 0 Å². The van der Waals surface area contributed by atoms with Gasteiger partial charge in [0, 0.05) is 5.56 Å². The minimum atomic E-state index is 0.207. The molecule has 0 spiro atoms. The van der Waals surface area contributed by atoms with Gasteiger partial charge in [0.1, 0.15) is 0 Å². The number of ketones is 1. The third kappa shape index (κ3) is 2.66. The number of carbonyl (C=O) groups excluding carboxylic acids is 1. The van der Waals surface area contributed by atoms with Crippen LogP contribution in [0.3, 0.4) is 0 Å². The van der Waals surface area contributed by atoms with Gasteiger partial charge in [0.25, 0.3) is 0 Å². The maximum Gasteiger partial charge on any atom is 0.160 e. The summed E-state index contributed by atoms with van der Waals surface area (Å²) in [6, 6.07) is 4.45. The average molecular weight is 244 g/mol. The Hall–Kier alpha value is -1.11. The molecule has 0 aliphatic heterocycles. The van der Waals surface area contributed by atoms with Crippen LogP contribution in [0.15, 0.2) is 12.1 Å². The molecule has 0 amide bonds. The van der Waals surface area contributed by atoms with Crippen LogP contribution in [0.2, 0.25) is 0 Å². The van der Waals surface area contributed by atoms with Gasteiger partial charge in [-0.05, 0) is 67.2 Å². The summed E-state index contributed by atoms with van der Waals surface area (Å²) in [4.78, 5) is 11.7. The van der Waals surface area contributed by atoms with Gasteiger partial charge in [0.15, 0.2) is 5.78 Å². The second-order valence-corrected chi connectivity index (χ2v) is 6.35. The molecule has 0 fully saturated rings. The van der Waals surface area contributed by atoms with Gasteiger partial charge < -0.3 is 0 Å². The summed E-state index contributed by atoms with van der Waals surface area (Å²) in [6.07, 6.45) is 5.71. The van der Waals surface area contributed by atoms with E-state index in [1.54, 1.807) is 6.92 Å². The largest absolute Gasteiger partial charge is 0.295 e. The molecule has 1 heteroatoms. The molecule has 1 aromatic rings. The van der Waals surface area contributed by atoms with E-state index in [4.69, 9.17) is 0 Å². The molecule has 1 nitrogen and oxygen atoms in total. The van der Waals surface area contributed by atoms with Crippen LogP contribution in [0.5, 0.6) is 0 Å². The zero-order chi connectivity index (χ0) is 13.3. The summed E-state index contributed by atoms with van der Waals surface area (Å²) < 4.78 is 0. The Bertz CT molecular complexity index is 469. The van der Waals surface area contributed by atoms with E-state index in [2.05, 4.69) is 32.9 Å². The summed E-state index contributed by atoms with van der Waals surface area (Å²) in [7, 11) is 0. The number of fused-ring (bicyclic) bond motifs is 1. The Kier molecular flexibility index (Phi) is 3.61. The third-order valence-corrected chi connectivity index (χ3v) is 4.33. The van der Waals surface area contributed by atoms with Crippen LogP contribution < -0.4 is 0 Å². The van der Waals surface area contributed by atoms with Gasteiger partial charge in [-0.1, -0.05) is 26.8 Å². The molecule has 18 heavy (non-hydrogen) atoms. The van der Waals surface area contributed by atoms with E-state index in [1.807, 2.05) is 0 Å². The molecular formula is C17H24O. The Labute approximate surface area is 111 Å². The number of carbonyl (C=O) groups is 1. The number of rotatable bonds is 2. The molecular weight excluding hydrogens is 220 g/mol. The fourth-order valence-corrected chi connectivity index (χ4v) is 2.90. The first-order chi connectivity index (χ1) is 8.43. The number of benzene rings is 1. The van der Waals surface area contributed by atoms with Crippen molar-refractivity contribution >= 4 is 5.78 Å². The number of Topliss-reactive ketones (excluding diaryl/α,β-unsaturated/α-hetero) is 1. The SMILES string of the molecule is CCc1cc2c(cc1C(C)=O)CCC(C)(C)CC2. The van der Waals surface area contributed by atoms with E-state index in [0.29, 0.717) is 5.41 Å². The fourth-order valence-electron chi connectivity index (χ4n) is 2.90. The highest BCUT2D eigenvalue weighted by Crippen LogP contribution is 2.34. The van der Waals surface area contributed by atoms with Crippen LogP contribution in [0.1, 0.15) is 67.6 Å². The fraction of sp³-hybridized carbons (Fsp3) is 0.588. The normalized spacial score (nSPS) is 18.0. The minimum absolute atomic E-state index is 0.207. The second-order valence-electron chi connectivity index (χ2n) is 6.35.